The lowest BCUT2D eigenvalue weighted by atomic mass is 10.0. The fourth-order valence-electron chi connectivity index (χ4n) is 4.28. The van der Waals surface area contributed by atoms with E-state index in [-0.39, 0.29) is 0 Å². The van der Waals surface area contributed by atoms with Crippen molar-refractivity contribution in [2.24, 2.45) is 0 Å². The molecule has 2 fully saturated rings. The molecule has 26 heavy (non-hydrogen) atoms. The molecular weight excluding hydrogens is 326 g/mol. The first kappa shape index (κ1) is 19.6. The molecule has 2 heterocycles. The number of likely N-dealkylation sites (tertiary alicyclic amines) is 2. The third-order valence-corrected chi connectivity index (χ3v) is 5.50. The van der Waals surface area contributed by atoms with Gasteiger partial charge in [0.25, 0.3) is 0 Å². The summed E-state index contributed by atoms with van der Waals surface area (Å²) >= 11 is 0. The molecule has 0 aliphatic carbocycles. The number of aliphatic hydroxyl groups is 1. The van der Waals surface area contributed by atoms with Gasteiger partial charge in [0.1, 0.15) is 12.4 Å². The molecular formula is C21H35N3O2. The van der Waals surface area contributed by atoms with Crippen molar-refractivity contribution >= 4 is 0 Å². The monoisotopic (exact) mass is 361 g/mol. The Kier molecular flexibility index (Phi) is 6.92. The predicted molar refractivity (Wildman–Crippen MR) is 106 cm³/mol. The second-order valence-corrected chi connectivity index (χ2v) is 8.28. The Labute approximate surface area is 158 Å². The van der Waals surface area contributed by atoms with Crippen LogP contribution in [0.4, 0.5) is 0 Å². The summed E-state index contributed by atoms with van der Waals surface area (Å²) < 4.78 is 6.13. The lowest BCUT2D eigenvalue weighted by molar-refractivity contribution is 0.0239. The maximum absolute atomic E-state index is 10.7. The van der Waals surface area contributed by atoms with E-state index >= 15 is 0 Å². The Morgan fingerprint density at radius 3 is 2.62 bits per heavy atom. The van der Waals surface area contributed by atoms with Crippen LogP contribution >= 0.6 is 0 Å². The lowest BCUT2D eigenvalue weighted by Gasteiger charge is -2.27. The second kappa shape index (κ2) is 9.18. The zero-order valence-electron chi connectivity index (χ0n) is 16.5. The highest BCUT2D eigenvalue weighted by Crippen LogP contribution is 2.26. The third-order valence-electron chi connectivity index (χ3n) is 5.50. The van der Waals surface area contributed by atoms with Crippen molar-refractivity contribution < 1.29 is 9.84 Å². The highest BCUT2D eigenvalue weighted by Gasteiger charge is 2.36. The van der Waals surface area contributed by atoms with Gasteiger partial charge in [-0.1, -0.05) is 24.6 Å². The molecule has 2 aliphatic heterocycles. The van der Waals surface area contributed by atoms with Gasteiger partial charge in [0, 0.05) is 38.3 Å². The summed E-state index contributed by atoms with van der Waals surface area (Å²) in [5.74, 6) is 0.993. The maximum Gasteiger partial charge on any atom is 0.123 e. The van der Waals surface area contributed by atoms with E-state index in [0.717, 1.165) is 51.5 Å². The first-order valence-electron chi connectivity index (χ1n) is 10.1. The molecule has 3 rings (SSSR count). The van der Waals surface area contributed by atoms with Gasteiger partial charge in [-0.05, 0) is 52.5 Å². The van der Waals surface area contributed by atoms with Crippen LogP contribution in [-0.4, -0.2) is 85.4 Å². The molecule has 1 atom stereocenters. The molecule has 1 aromatic carbocycles. The topological polar surface area (TPSA) is 39.2 Å². The number of para-hydroxylation sites is 1. The fourth-order valence-corrected chi connectivity index (χ4v) is 4.28. The highest BCUT2D eigenvalue weighted by molar-refractivity contribution is 5.33. The summed E-state index contributed by atoms with van der Waals surface area (Å²) in [4.78, 5) is 6.92. The molecule has 146 valence electrons. The van der Waals surface area contributed by atoms with Crippen LogP contribution in [0, 0.1) is 0 Å². The maximum atomic E-state index is 10.7. The van der Waals surface area contributed by atoms with E-state index in [9.17, 15) is 5.11 Å². The first-order valence-corrected chi connectivity index (χ1v) is 10.1. The summed E-state index contributed by atoms with van der Waals surface area (Å²) in [6.07, 6.45) is 4.85. The molecule has 1 aromatic rings. The molecule has 1 N–H and O–H groups in total. The molecule has 2 aliphatic rings. The number of nitrogens with zero attached hydrogens (tertiary/aromatic N) is 3. The third kappa shape index (κ3) is 5.68. The highest BCUT2D eigenvalue weighted by atomic mass is 16.5. The Morgan fingerprint density at radius 1 is 1.08 bits per heavy atom. The first-order chi connectivity index (χ1) is 12.5. The van der Waals surface area contributed by atoms with E-state index in [1.165, 1.54) is 37.9 Å². The van der Waals surface area contributed by atoms with Crippen LogP contribution in [0.25, 0.3) is 0 Å². The number of ether oxygens (including phenoxy) is 1. The van der Waals surface area contributed by atoms with Crippen molar-refractivity contribution in [1.82, 2.24) is 14.7 Å². The van der Waals surface area contributed by atoms with Crippen LogP contribution in [0.2, 0.25) is 0 Å². The van der Waals surface area contributed by atoms with E-state index < -0.39 is 5.60 Å². The van der Waals surface area contributed by atoms with Crippen molar-refractivity contribution in [2.75, 3.05) is 60.0 Å². The number of hydrogen-bond donors (Lipinski definition) is 1. The van der Waals surface area contributed by atoms with E-state index in [1.807, 2.05) is 20.2 Å². The molecule has 0 saturated carbocycles. The van der Waals surface area contributed by atoms with Crippen molar-refractivity contribution in [1.29, 1.82) is 0 Å². The minimum atomic E-state index is -0.590. The molecule has 0 spiro atoms. The molecule has 0 bridgehead atoms. The Morgan fingerprint density at radius 2 is 1.85 bits per heavy atom. The van der Waals surface area contributed by atoms with Gasteiger partial charge in [-0.3, -0.25) is 9.80 Å². The van der Waals surface area contributed by atoms with Crippen LogP contribution in [0.15, 0.2) is 24.3 Å². The number of benzene rings is 1. The lowest BCUT2D eigenvalue weighted by Crippen LogP contribution is -2.42. The predicted octanol–water partition coefficient (Wildman–Crippen LogP) is 2.05. The summed E-state index contributed by atoms with van der Waals surface area (Å²) in [6.45, 7) is 7.42. The molecule has 2 saturated heterocycles. The average Bonchev–Trinajstić information content (AvgIpc) is 2.97. The smallest absolute Gasteiger partial charge is 0.123 e. The molecule has 0 amide bonds. The molecule has 5 heteroatoms. The molecule has 0 aromatic heterocycles. The fraction of sp³-hybridized carbons (Fsp3) is 0.714. The van der Waals surface area contributed by atoms with Crippen LogP contribution in [-0.2, 0) is 6.54 Å². The SMILES string of the molecule is CN(C)C[C@]1(O)CCN(Cc2ccccc2OCCN2CCCCC2)C1. The van der Waals surface area contributed by atoms with Crippen molar-refractivity contribution in [3.8, 4) is 5.75 Å². The van der Waals surface area contributed by atoms with E-state index in [0.29, 0.717) is 0 Å². The van der Waals surface area contributed by atoms with E-state index in [2.05, 4.69) is 32.9 Å². The van der Waals surface area contributed by atoms with Crippen LogP contribution in [0.1, 0.15) is 31.2 Å². The zero-order valence-corrected chi connectivity index (χ0v) is 16.5. The molecule has 5 nitrogen and oxygen atoms in total. The normalized spacial score (nSPS) is 25.1. The van der Waals surface area contributed by atoms with Gasteiger partial charge < -0.3 is 14.7 Å². The van der Waals surface area contributed by atoms with Gasteiger partial charge in [0.15, 0.2) is 0 Å². The summed E-state index contributed by atoms with van der Waals surface area (Å²) in [7, 11) is 4.04. The second-order valence-electron chi connectivity index (χ2n) is 8.28. The minimum absolute atomic E-state index is 0.590. The average molecular weight is 362 g/mol. The zero-order chi connectivity index (χ0) is 18.4. The summed E-state index contributed by atoms with van der Waals surface area (Å²) in [5.41, 5.74) is 0.633. The molecule has 0 radical (unpaired) electrons. The standard InChI is InChI=1S/C21H35N3O2/c1-22(2)17-21(25)10-13-24(18-21)16-19-8-4-5-9-20(19)26-15-14-23-11-6-3-7-12-23/h4-5,8-9,25H,3,6-7,10-18H2,1-2H3/t21-/m1/s1. The summed E-state index contributed by atoms with van der Waals surface area (Å²) in [5, 5.41) is 10.7. The van der Waals surface area contributed by atoms with Crippen molar-refractivity contribution in [2.45, 2.75) is 37.8 Å². The van der Waals surface area contributed by atoms with Crippen LogP contribution in [0.3, 0.4) is 0 Å². The van der Waals surface area contributed by atoms with Crippen LogP contribution in [0.5, 0.6) is 5.75 Å². The van der Waals surface area contributed by atoms with E-state index in [1.54, 1.807) is 0 Å². The van der Waals surface area contributed by atoms with Crippen molar-refractivity contribution in [3.05, 3.63) is 29.8 Å². The minimum Gasteiger partial charge on any atom is -0.492 e. The van der Waals surface area contributed by atoms with Gasteiger partial charge in [-0.25, -0.2) is 0 Å². The van der Waals surface area contributed by atoms with E-state index in [4.69, 9.17) is 4.74 Å². The number of hydrogen-bond acceptors (Lipinski definition) is 5. The number of likely N-dealkylation sites (N-methyl/N-ethyl adjacent to an activating group) is 1. The number of β-amino-alcohol motifs (C(OH)–C–C–N with tert-alkyl or cyclic N) is 1. The molecule has 0 unspecified atom stereocenters. The van der Waals surface area contributed by atoms with Gasteiger partial charge >= 0.3 is 0 Å². The Bertz CT molecular complexity index is 560. The number of rotatable bonds is 8. The van der Waals surface area contributed by atoms with Gasteiger partial charge in [-0.2, -0.15) is 0 Å². The largest absolute Gasteiger partial charge is 0.492 e. The number of piperidine rings is 1. The van der Waals surface area contributed by atoms with Gasteiger partial charge in [0.2, 0.25) is 0 Å². The Hall–Kier alpha value is -1.14. The Balaban J connectivity index is 1.51. The summed E-state index contributed by atoms with van der Waals surface area (Å²) in [6, 6.07) is 8.36. The van der Waals surface area contributed by atoms with Crippen LogP contribution < -0.4 is 4.74 Å². The van der Waals surface area contributed by atoms with Crippen molar-refractivity contribution in [3.63, 3.8) is 0 Å². The van der Waals surface area contributed by atoms with Gasteiger partial charge in [0.05, 0.1) is 5.60 Å². The van der Waals surface area contributed by atoms with Gasteiger partial charge in [-0.15, -0.1) is 0 Å². The quantitative estimate of drug-likeness (QED) is 0.767.